The molecule has 3 heteroatoms. The van der Waals surface area contributed by atoms with Crippen molar-refractivity contribution < 1.29 is 0 Å². The summed E-state index contributed by atoms with van der Waals surface area (Å²) in [4.78, 5) is 7.00. The molecule has 3 nitrogen and oxygen atoms in total. The van der Waals surface area contributed by atoms with E-state index in [0.717, 1.165) is 13.0 Å². The average molecular weight is 442 g/mol. The molecular formula is C31H27N3. The average Bonchev–Trinajstić information content (AvgIpc) is 3.52. The Balaban J connectivity index is 1.41. The predicted molar refractivity (Wildman–Crippen MR) is 142 cm³/mol. The van der Waals surface area contributed by atoms with E-state index in [1.54, 1.807) is 0 Å². The first-order chi connectivity index (χ1) is 16.9. The quantitative estimate of drug-likeness (QED) is 0.234. The number of benzene rings is 4. The normalized spacial score (nSPS) is 11.4. The number of H-pyrrole nitrogens is 2. The number of nitrogens with one attached hydrogen (secondary N) is 3. The molecule has 0 saturated carbocycles. The third-order valence-electron chi connectivity index (χ3n) is 6.76. The van der Waals surface area contributed by atoms with Crippen molar-refractivity contribution in [1.29, 1.82) is 0 Å². The van der Waals surface area contributed by atoms with Crippen LogP contribution in [0.3, 0.4) is 0 Å². The molecule has 0 aliphatic carbocycles. The Hall–Kier alpha value is -4.24. The molecule has 0 bridgehead atoms. The van der Waals surface area contributed by atoms with Crippen LogP contribution in [0.15, 0.2) is 116 Å². The van der Waals surface area contributed by atoms with E-state index in [1.807, 2.05) is 0 Å². The van der Waals surface area contributed by atoms with Crippen molar-refractivity contribution in [3.63, 3.8) is 0 Å². The first-order valence-corrected chi connectivity index (χ1v) is 11.8. The van der Waals surface area contributed by atoms with Gasteiger partial charge in [0.1, 0.15) is 0 Å². The summed E-state index contributed by atoms with van der Waals surface area (Å²) in [6.45, 7) is 0.808. The number of anilines is 1. The molecule has 0 radical (unpaired) electrons. The monoisotopic (exact) mass is 441 g/mol. The highest BCUT2D eigenvalue weighted by Gasteiger charge is 2.22. The highest BCUT2D eigenvalue weighted by molar-refractivity contribution is 5.88. The molecule has 0 amide bonds. The summed E-state index contributed by atoms with van der Waals surface area (Å²) in [5.41, 5.74) is 8.81. The molecule has 6 rings (SSSR count). The van der Waals surface area contributed by atoms with E-state index < -0.39 is 0 Å². The predicted octanol–water partition coefficient (Wildman–Crippen LogP) is 7.64. The lowest BCUT2D eigenvalue weighted by atomic mass is 9.85. The summed E-state index contributed by atoms with van der Waals surface area (Å²) in [6.07, 6.45) is 5.29. The Morgan fingerprint density at radius 1 is 0.588 bits per heavy atom. The van der Waals surface area contributed by atoms with Gasteiger partial charge in [-0.25, -0.2) is 0 Å². The van der Waals surface area contributed by atoms with Crippen LogP contribution in [0.2, 0.25) is 0 Å². The van der Waals surface area contributed by atoms with E-state index in [2.05, 4.69) is 131 Å². The second kappa shape index (κ2) is 8.95. The van der Waals surface area contributed by atoms with Gasteiger partial charge in [-0.2, -0.15) is 0 Å². The van der Waals surface area contributed by atoms with Crippen LogP contribution in [-0.4, -0.2) is 9.97 Å². The van der Waals surface area contributed by atoms with Crippen molar-refractivity contribution in [3.8, 4) is 0 Å². The number of rotatable bonds is 7. The second-order valence-corrected chi connectivity index (χ2v) is 8.83. The zero-order chi connectivity index (χ0) is 22.7. The zero-order valence-electron chi connectivity index (χ0n) is 19.0. The fraction of sp³-hybridized carbons (Fsp3) is 0.0968. The van der Waals surface area contributed by atoms with Gasteiger partial charge in [-0.15, -0.1) is 0 Å². The summed E-state index contributed by atoms with van der Waals surface area (Å²) in [6, 6.07) is 36.5. The number of aromatic nitrogens is 2. The van der Waals surface area contributed by atoms with E-state index in [0.29, 0.717) is 0 Å². The van der Waals surface area contributed by atoms with Crippen LogP contribution in [0.5, 0.6) is 0 Å². The van der Waals surface area contributed by atoms with Gasteiger partial charge in [-0.05, 0) is 46.9 Å². The van der Waals surface area contributed by atoms with E-state index in [4.69, 9.17) is 0 Å². The van der Waals surface area contributed by atoms with Gasteiger partial charge in [-0.3, -0.25) is 0 Å². The number of aromatic amines is 2. The molecule has 166 valence electrons. The van der Waals surface area contributed by atoms with Gasteiger partial charge in [-0.1, -0.05) is 84.9 Å². The SMILES string of the molecule is c1ccc(CNc2ccccc2CC(c2c[nH]c3ccccc23)c2c[nH]c3ccccc23)cc1. The molecule has 4 aromatic carbocycles. The molecule has 2 heterocycles. The van der Waals surface area contributed by atoms with Crippen molar-refractivity contribution in [1.82, 2.24) is 9.97 Å². The molecule has 6 aromatic rings. The highest BCUT2D eigenvalue weighted by Crippen LogP contribution is 2.38. The molecule has 0 atom stereocenters. The maximum Gasteiger partial charge on any atom is 0.0457 e. The van der Waals surface area contributed by atoms with E-state index in [-0.39, 0.29) is 5.92 Å². The Labute approximate surface area is 199 Å². The largest absolute Gasteiger partial charge is 0.381 e. The van der Waals surface area contributed by atoms with Crippen LogP contribution in [0.25, 0.3) is 21.8 Å². The first-order valence-electron chi connectivity index (χ1n) is 11.8. The molecule has 34 heavy (non-hydrogen) atoms. The van der Waals surface area contributed by atoms with Crippen LogP contribution < -0.4 is 5.32 Å². The van der Waals surface area contributed by atoms with E-state index in [1.165, 1.54) is 49.7 Å². The Morgan fingerprint density at radius 2 is 1.15 bits per heavy atom. The van der Waals surface area contributed by atoms with Crippen LogP contribution in [-0.2, 0) is 13.0 Å². The summed E-state index contributed by atoms with van der Waals surface area (Å²) < 4.78 is 0. The fourth-order valence-corrected chi connectivity index (χ4v) is 5.04. The summed E-state index contributed by atoms with van der Waals surface area (Å²) in [5, 5.41) is 6.25. The lowest BCUT2D eigenvalue weighted by Gasteiger charge is -2.20. The molecule has 0 spiro atoms. The lowest BCUT2D eigenvalue weighted by molar-refractivity contribution is 0.818. The first kappa shape index (κ1) is 20.4. The molecule has 0 aliphatic rings. The van der Waals surface area contributed by atoms with Crippen LogP contribution >= 0.6 is 0 Å². The van der Waals surface area contributed by atoms with Gasteiger partial charge < -0.3 is 15.3 Å². The number of para-hydroxylation sites is 3. The summed E-state index contributed by atoms with van der Waals surface area (Å²) in [7, 11) is 0. The molecule has 0 aliphatic heterocycles. The molecule has 0 unspecified atom stereocenters. The van der Waals surface area contributed by atoms with Gasteiger partial charge in [0.2, 0.25) is 0 Å². The number of hydrogen-bond acceptors (Lipinski definition) is 1. The second-order valence-electron chi connectivity index (χ2n) is 8.83. The third-order valence-corrected chi connectivity index (χ3v) is 6.76. The molecule has 0 saturated heterocycles. The highest BCUT2D eigenvalue weighted by atomic mass is 14.9. The minimum Gasteiger partial charge on any atom is -0.381 e. The van der Waals surface area contributed by atoms with Gasteiger partial charge in [0, 0.05) is 52.3 Å². The summed E-state index contributed by atoms with van der Waals surface area (Å²) in [5.74, 6) is 0.215. The fourth-order valence-electron chi connectivity index (χ4n) is 5.04. The van der Waals surface area contributed by atoms with Crippen molar-refractivity contribution in [2.75, 3.05) is 5.32 Å². The smallest absolute Gasteiger partial charge is 0.0457 e. The Kier molecular flexibility index (Phi) is 5.36. The van der Waals surface area contributed by atoms with Gasteiger partial charge in [0.25, 0.3) is 0 Å². The summed E-state index contributed by atoms with van der Waals surface area (Å²) >= 11 is 0. The van der Waals surface area contributed by atoms with Crippen LogP contribution in [0, 0.1) is 0 Å². The van der Waals surface area contributed by atoms with E-state index >= 15 is 0 Å². The Morgan fingerprint density at radius 3 is 1.82 bits per heavy atom. The lowest BCUT2D eigenvalue weighted by Crippen LogP contribution is -2.08. The maximum absolute atomic E-state index is 3.68. The minimum absolute atomic E-state index is 0.215. The van der Waals surface area contributed by atoms with Crippen molar-refractivity contribution in [2.24, 2.45) is 0 Å². The van der Waals surface area contributed by atoms with Crippen molar-refractivity contribution in [3.05, 3.63) is 138 Å². The van der Waals surface area contributed by atoms with Gasteiger partial charge in [0.15, 0.2) is 0 Å². The Bertz CT molecular complexity index is 1470. The standard InChI is InChI=1S/C31H27N3/c1-2-10-22(11-3-1)19-32-29-15-7-4-12-23(29)18-26(27-20-33-30-16-8-5-13-24(27)30)28-21-34-31-17-9-6-14-25(28)31/h1-17,20-21,26,32-34H,18-19H2. The molecule has 3 N–H and O–H groups in total. The van der Waals surface area contributed by atoms with Gasteiger partial charge in [0.05, 0.1) is 0 Å². The van der Waals surface area contributed by atoms with Crippen molar-refractivity contribution >= 4 is 27.5 Å². The van der Waals surface area contributed by atoms with Crippen molar-refractivity contribution in [2.45, 2.75) is 18.9 Å². The maximum atomic E-state index is 3.68. The van der Waals surface area contributed by atoms with Gasteiger partial charge >= 0.3 is 0 Å². The molecular weight excluding hydrogens is 414 g/mol. The topological polar surface area (TPSA) is 43.6 Å². The third kappa shape index (κ3) is 3.86. The number of hydrogen-bond donors (Lipinski definition) is 3. The molecule has 0 fully saturated rings. The minimum atomic E-state index is 0.215. The zero-order valence-corrected chi connectivity index (χ0v) is 19.0. The number of fused-ring (bicyclic) bond motifs is 2. The van der Waals surface area contributed by atoms with Crippen LogP contribution in [0.4, 0.5) is 5.69 Å². The van der Waals surface area contributed by atoms with E-state index in [9.17, 15) is 0 Å². The van der Waals surface area contributed by atoms with Crippen LogP contribution in [0.1, 0.15) is 28.2 Å². The molecule has 2 aromatic heterocycles.